The highest BCUT2D eigenvalue weighted by atomic mass is 16.3. The van der Waals surface area contributed by atoms with Gasteiger partial charge in [0.2, 0.25) is 5.89 Å². The summed E-state index contributed by atoms with van der Waals surface area (Å²) in [7, 11) is 0. The van der Waals surface area contributed by atoms with Crippen LogP contribution < -0.4 is 0 Å². The van der Waals surface area contributed by atoms with Crippen molar-refractivity contribution < 1.29 is 4.42 Å². The lowest BCUT2D eigenvalue weighted by atomic mass is 10.00. The van der Waals surface area contributed by atoms with Gasteiger partial charge in [0.1, 0.15) is 5.52 Å². The van der Waals surface area contributed by atoms with Crippen molar-refractivity contribution in [2.24, 2.45) is 0 Å². The summed E-state index contributed by atoms with van der Waals surface area (Å²) in [4.78, 5) is 9.06. The molecule has 9 rings (SSSR count). The van der Waals surface area contributed by atoms with Crippen molar-refractivity contribution in [2.45, 2.75) is 0 Å². The number of rotatable bonds is 5. The van der Waals surface area contributed by atoms with Gasteiger partial charge in [0.25, 0.3) is 0 Å². The molecule has 3 aromatic heterocycles. The number of nitrogens with zero attached hydrogens (tertiary/aromatic N) is 3. The van der Waals surface area contributed by atoms with E-state index in [4.69, 9.17) is 9.40 Å². The Hall–Kier alpha value is -6.26. The number of fused-ring (bicyclic) bond motifs is 4. The van der Waals surface area contributed by atoms with Crippen molar-refractivity contribution in [1.82, 2.24) is 14.5 Å². The van der Waals surface area contributed by atoms with Crippen LogP contribution in [0.5, 0.6) is 0 Å². The van der Waals surface area contributed by atoms with Crippen LogP contribution in [0.2, 0.25) is 0 Å². The second-order valence-corrected chi connectivity index (χ2v) is 11.5. The van der Waals surface area contributed by atoms with E-state index in [0.29, 0.717) is 5.89 Å². The number of hydrogen-bond acceptors (Lipinski definition) is 3. The molecular weight excluding hydrogens is 562 g/mol. The summed E-state index contributed by atoms with van der Waals surface area (Å²) in [6.07, 6.45) is 3.68. The zero-order chi connectivity index (χ0) is 30.5. The van der Waals surface area contributed by atoms with Crippen LogP contribution in [-0.4, -0.2) is 14.5 Å². The summed E-state index contributed by atoms with van der Waals surface area (Å²) in [5.41, 5.74) is 12.9. The van der Waals surface area contributed by atoms with Gasteiger partial charge in [0.05, 0.1) is 11.0 Å². The van der Waals surface area contributed by atoms with Gasteiger partial charge in [-0.3, -0.25) is 4.98 Å². The fourth-order valence-corrected chi connectivity index (χ4v) is 6.45. The Balaban J connectivity index is 0.992. The Morgan fingerprint density at radius 2 is 1.04 bits per heavy atom. The molecule has 0 radical (unpaired) electrons. The van der Waals surface area contributed by atoms with Crippen molar-refractivity contribution in [2.75, 3.05) is 0 Å². The van der Waals surface area contributed by atoms with Crippen LogP contribution in [0.1, 0.15) is 0 Å². The monoisotopic (exact) mass is 589 g/mol. The maximum Gasteiger partial charge on any atom is 0.227 e. The van der Waals surface area contributed by atoms with Crippen LogP contribution in [0.4, 0.5) is 0 Å². The highest BCUT2D eigenvalue weighted by Gasteiger charge is 2.13. The molecule has 9 aromatic rings. The fraction of sp³-hybridized carbons (Fsp3) is 0. The zero-order valence-corrected chi connectivity index (χ0v) is 24.8. The first-order chi connectivity index (χ1) is 22.8. The van der Waals surface area contributed by atoms with E-state index in [-0.39, 0.29) is 0 Å². The van der Waals surface area contributed by atoms with E-state index in [9.17, 15) is 0 Å². The molecule has 0 aliphatic heterocycles. The van der Waals surface area contributed by atoms with Crippen LogP contribution >= 0.6 is 0 Å². The third-order valence-electron chi connectivity index (χ3n) is 8.75. The minimum Gasteiger partial charge on any atom is -0.436 e. The number of hydrogen-bond donors (Lipinski definition) is 0. The SMILES string of the molecule is c1cncc(-c2cccc(-c3ccc4nc(-c5ccc(-c6ccc(-n7c8ccccc8c8ccccc87)cc6)cc5)oc4c3)c2)c1. The van der Waals surface area contributed by atoms with E-state index in [1.54, 1.807) is 6.20 Å². The van der Waals surface area contributed by atoms with Crippen molar-refractivity contribution in [3.63, 3.8) is 0 Å². The second kappa shape index (κ2) is 10.7. The molecule has 0 amide bonds. The molecule has 0 unspecified atom stereocenters. The molecule has 4 heteroatoms. The molecule has 3 heterocycles. The van der Waals surface area contributed by atoms with E-state index in [1.807, 2.05) is 18.3 Å². The quantitative estimate of drug-likeness (QED) is 0.201. The molecule has 6 aromatic carbocycles. The fourth-order valence-electron chi connectivity index (χ4n) is 6.45. The maximum atomic E-state index is 6.28. The lowest BCUT2D eigenvalue weighted by Gasteiger charge is -2.09. The molecule has 46 heavy (non-hydrogen) atoms. The third kappa shape index (κ3) is 4.47. The number of pyridine rings is 1. The van der Waals surface area contributed by atoms with Gasteiger partial charge < -0.3 is 8.98 Å². The smallest absolute Gasteiger partial charge is 0.227 e. The van der Waals surface area contributed by atoms with Gasteiger partial charge in [0, 0.05) is 40.0 Å². The molecule has 0 saturated heterocycles. The van der Waals surface area contributed by atoms with Crippen molar-refractivity contribution >= 4 is 32.9 Å². The summed E-state index contributed by atoms with van der Waals surface area (Å²) < 4.78 is 8.62. The van der Waals surface area contributed by atoms with Gasteiger partial charge in [-0.25, -0.2) is 4.98 Å². The summed E-state index contributed by atoms with van der Waals surface area (Å²) in [6.45, 7) is 0. The normalized spacial score (nSPS) is 11.5. The van der Waals surface area contributed by atoms with Gasteiger partial charge in [-0.05, 0) is 88.5 Å². The molecular formula is C42H27N3O. The van der Waals surface area contributed by atoms with E-state index in [0.717, 1.165) is 55.7 Å². The summed E-state index contributed by atoms with van der Waals surface area (Å²) >= 11 is 0. The summed E-state index contributed by atoms with van der Waals surface area (Å²) in [5.74, 6) is 0.615. The van der Waals surface area contributed by atoms with Crippen LogP contribution in [0.15, 0.2) is 168 Å². The molecule has 0 atom stereocenters. The first-order valence-corrected chi connectivity index (χ1v) is 15.4. The minimum atomic E-state index is 0.615. The molecule has 0 bridgehead atoms. The molecule has 0 N–H and O–H groups in total. The molecule has 4 nitrogen and oxygen atoms in total. The van der Waals surface area contributed by atoms with E-state index in [2.05, 4.69) is 149 Å². The minimum absolute atomic E-state index is 0.615. The largest absolute Gasteiger partial charge is 0.436 e. The molecule has 216 valence electrons. The second-order valence-electron chi connectivity index (χ2n) is 11.5. The molecule has 0 saturated carbocycles. The highest BCUT2D eigenvalue weighted by Crippen LogP contribution is 2.34. The topological polar surface area (TPSA) is 43.9 Å². The first-order valence-electron chi connectivity index (χ1n) is 15.4. The Morgan fingerprint density at radius 3 is 1.74 bits per heavy atom. The van der Waals surface area contributed by atoms with Crippen molar-refractivity contribution in [3.05, 3.63) is 164 Å². The van der Waals surface area contributed by atoms with Gasteiger partial charge in [-0.15, -0.1) is 0 Å². The zero-order valence-electron chi connectivity index (χ0n) is 24.8. The average Bonchev–Trinajstić information content (AvgIpc) is 3.71. The first kappa shape index (κ1) is 26.2. The number of oxazole rings is 1. The number of para-hydroxylation sites is 2. The van der Waals surface area contributed by atoms with Crippen molar-refractivity contribution in [3.8, 4) is 50.5 Å². The van der Waals surface area contributed by atoms with Gasteiger partial charge in [-0.2, -0.15) is 0 Å². The van der Waals surface area contributed by atoms with Crippen LogP contribution in [-0.2, 0) is 0 Å². The molecule has 0 fully saturated rings. The number of benzene rings is 6. The van der Waals surface area contributed by atoms with Crippen LogP contribution in [0, 0.1) is 0 Å². The Kier molecular flexibility index (Phi) is 6.10. The van der Waals surface area contributed by atoms with E-state index >= 15 is 0 Å². The van der Waals surface area contributed by atoms with Gasteiger partial charge in [-0.1, -0.05) is 91.0 Å². The molecule has 0 aliphatic carbocycles. The Labute approximate surface area is 265 Å². The van der Waals surface area contributed by atoms with E-state index in [1.165, 1.54) is 21.8 Å². The van der Waals surface area contributed by atoms with Gasteiger partial charge >= 0.3 is 0 Å². The summed E-state index contributed by atoms with van der Waals surface area (Å²) in [5, 5.41) is 2.53. The predicted molar refractivity (Wildman–Crippen MR) is 188 cm³/mol. The lowest BCUT2D eigenvalue weighted by molar-refractivity contribution is 0.620. The number of aromatic nitrogens is 3. The molecule has 0 aliphatic rings. The Bertz CT molecular complexity index is 2450. The summed E-state index contributed by atoms with van der Waals surface area (Å²) in [6, 6.07) is 53.1. The average molecular weight is 590 g/mol. The van der Waals surface area contributed by atoms with Crippen LogP contribution in [0.25, 0.3) is 83.4 Å². The standard InChI is InChI=1S/C42H27N3O/c1-3-12-39-36(10-1)37-11-2-4-13-40(37)45(39)35-21-18-29(19-22-35)28-14-16-30(17-15-28)42-44-38-23-20-33(26-41(38)46-42)31-7-5-8-32(25-31)34-9-6-24-43-27-34/h1-27H. The van der Waals surface area contributed by atoms with Crippen molar-refractivity contribution in [1.29, 1.82) is 0 Å². The van der Waals surface area contributed by atoms with Gasteiger partial charge in [0.15, 0.2) is 5.58 Å². The Morgan fingerprint density at radius 1 is 0.457 bits per heavy atom. The highest BCUT2D eigenvalue weighted by molar-refractivity contribution is 6.09. The molecule has 0 spiro atoms. The van der Waals surface area contributed by atoms with E-state index < -0.39 is 0 Å². The lowest BCUT2D eigenvalue weighted by Crippen LogP contribution is -1.93. The predicted octanol–water partition coefficient (Wildman–Crippen LogP) is 11.0. The third-order valence-corrected chi connectivity index (χ3v) is 8.75. The van der Waals surface area contributed by atoms with Crippen LogP contribution in [0.3, 0.4) is 0 Å². The maximum absolute atomic E-state index is 6.28.